The van der Waals surface area contributed by atoms with E-state index in [4.69, 9.17) is 9.97 Å². The molecule has 124 valence electrons. The summed E-state index contributed by atoms with van der Waals surface area (Å²) in [6.45, 7) is 6.20. The van der Waals surface area contributed by atoms with Gasteiger partial charge in [-0.05, 0) is 37.8 Å². The van der Waals surface area contributed by atoms with Gasteiger partial charge >= 0.3 is 0 Å². The Bertz CT molecular complexity index is 855. The van der Waals surface area contributed by atoms with Crippen LogP contribution >= 0.6 is 0 Å². The third-order valence-corrected chi connectivity index (χ3v) is 4.98. The summed E-state index contributed by atoms with van der Waals surface area (Å²) in [5.41, 5.74) is 5.81. The molecule has 0 amide bonds. The molecule has 0 fully saturated rings. The Hall–Kier alpha value is -2.36. The zero-order valence-corrected chi connectivity index (χ0v) is 14.5. The fourth-order valence-corrected chi connectivity index (χ4v) is 3.67. The third kappa shape index (κ3) is 2.66. The lowest BCUT2D eigenvalue weighted by atomic mass is 10.1. The first kappa shape index (κ1) is 15.2. The first-order chi connectivity index (χ1) is 11.8. The summed E-state index contributed by atoms with van der Waals surface area (Å²) >= 11 is 0. The van der Waals surface area contributed by atoms with Gasteiger partial charge in [-0.3, -0.25) is 4.98 Å². The number of rotatable bonds is 4. The van der Waals surface area contributed by atoms with Crippen molar-refractivity contribution in [2.24, 2.45) is 0 Å². The molecule has 0 saturated carbocycles. The Kier molecular flexibility index (Phi) is 3.97. The normalized spacial score (nSPS) is 13.9. The molecule has 4 rings (SSSR count). The number of hydrogen-bond acceptors (Lipinski definition) is 3. The predicted octanol–water partition coefficient (Wildman–Crippen LogP) is 4.25. The lowest BCUT2D eigenvalue weighted by Gasteiger charge is -2.15. The van der Waals surface area contributed by atoms with E-state index in [9.17, 15) is 0 Å². The summed E-state index contributed by atoms with van der Waals surface area (Å²) in [5, 5.41) is 4.83. The zero-order chi connectivity index (χ0) is 16.5. The average Bonchev–Trinajstić information content (AvgIpc) is 3.03. The van der Waals surface area contributed by atoms with Crippen molar-refractivity contribution in [1.82, 2.24) is 14.5 Å². The number of anilines is 1. The van der Waals surface area contributed by atoms with E-state index in [1.807, 2.05) is 0 Å². The minimum atomic E-state index is 0.762. The Morgan fingerprint density at radius 1 is 1.17 bits per heavy atom. The van der Waals surface area contributed by atoms with Gasteiger partial charge in [0.15, 0.2) is 0 Å². The van der Waals surface area contributed by atoms with E-state index in [1.165, 1.54) is 41.0 Å². The molecule has 3 aromatic rings. The molecule has 1 aromatic carbocycles. The number of imidazole rings is 1. The third-order valence-electron chi connectivity index (χ3n) is 4.98. The standard InChI is InChI=1S/C20H24N4/c1-3-17-14(2)20(16-8-4-5-9-18(16)23-17)21-12-15-13-24-11-7-6-10-19(24)22-15/h4-5,8-9,13H,3,6-7,10-12H2,1-2H3,(H,21,23). The van der Waals surface area contributed by atoms with Crippen molar-refractivity contribution in [3.8, 4) is 0 Å². The van der Waals surface area contributed by atoms with Crippen LogP contribution in [0.4, 0.5) is 5.69 Å². The monoisotopic (exact) mass is 320 g/mol. The van der Waals surface area contributed by atoms with Gasteiger partial charge in [-0.1, -0.05) is 25.1 Å². The van der Waals surface area contributed by atoms with Crippen molar-refractivity contribution in [2.45, 2.75) is 52.6 Å². The number of para-hydroxylation sites is 1. The molecule has 0 unspecified atom stereocenters. The highest BCUT2D eigenvalue weighted by Gasteiger charge is 2.14. The van der Waals surface area contributed by atoms with Gasteiger partial charge in [0.25, 0.3) is 0 Å². The highest BCUT2D eigenvalue weighted by Crippen LogP contribution is 2.29. The van der Waals surface area contributed by atoms with Crippen LogP contribution < -0.4 is 5.32 Å². The Balaban J connectivity index is 1.66. The average molecular weight is 320 g/mol. The van der Waals surface area contributed by atoms with Crippen LogP contribution in [0.15, 0.2) is 30.5 Å². The topological polar surface area (TPSA) is 42.7 Å². The smallest absolute Gasteiger partial charge is 0.109 e. The minimum Gasteiger partial charge on any atom is -0.379 e. The lowest BCUT2D eigenvalue weighted by molar-refractivity contribution is 0.522. The Labute approximate surface area is 142 Å². The molecule has 4 heteroatoms. The van der Waals surface area contributed by atoms with Crippen LogP contribution in [0.3, 0.4) is 0 Å². The number of hydrogen-bond donors (Lipinski definition) is 1. The van der Waals surface area contributed by atoms with Gasteiger partial charge < -0.3 is 9.88 Å². The molecule has 1 N–H and O–H groups in total. The van der Waals surface area contributed by atoms with Crippen molar-refractivity contribution in [3.05, 3.63) is 53.2 Å². The van der Waals surface area contributed by atoms with Gasteiger partial charge in [-0.15, -0.1) is 0 Å². The van der Waals surface area contributed by atoms with E-state index in [0.717, 1.165) is 37.1 Å². The van der Waals surface area contributed by atoms with Crippen LogP contribution in [-0.2, 0) is 25.9 Å². The number of aryl methyl sites for hydroxylation is 3. The largest absolute Gasteiger partial charge is 0.379 e. The van der Waals surface area contributed by atoms with E-state index in [-0.39, 0.29) is 0 Å². The number of aromatic nitrogens is 3. The van der Waals surface area contributed by atoms with Gasteiger partial charge in [0.2, 0.25) is 0 Å². The second kappa shape index (κ2) is 6.27. The van der Waals surface area contributed by atoms with E-state index < -0.39 is 0 Å². The van der Waals surface area contributed by atoms with Crippen LogP contribution in [0, 0.1) is 6.92 Å². The molecule has 0 aliphatic carbocycles. The van der Waals surface area contributed by atoms with E-state index >= 15 is 0 Å². The first-order valence-electron chi connectivity index (χ1n) is 8.93. The molecule has 0 atom stereocenters. The van der Waals surface area contributed by atoms with Crippen molar-refractivity contribution in [1.29, 1.82) is 0 Å². The van der Waals surface area contributed by atoms with Crippen LogP contribution in [0.2, 0.25) is 0 Å². The summed E-state index contributed by atoms with van der Waals surface area (Å²) < 4.78 is 2.31. The minimum absolute atomic E-state index is 0.762. The molecule has 0 radical (unpaired) electrons. The highest BCUT2D eigenvalue weighted by atomic mass is 15.1. The summed E-state index contributed by atoms with van der Waals surface area (Å²) in [6.07, 6.45) is 6.80. The maximum atomic E-state index is 4.80. The van der Waals surface area contributed by atoms with Gasteiger partial charge in [0.1, 0.15) is 5.82 Å². The highest BCUT2D eigenvalue weighted by molar-refractivity contribution is 5.93. The Morgan fingerprint density at radius 2 is 2.04 bits per heavy atom. The molecular formula is C20H24N4. The predicted molar refractivity (Wildman–Crippen MR) is 98.3 cm³/mol. The summed E-state index contributed by atoms with van der Waals surface area (Å²) in [7, 11) is 0. The molecular weight excluding hydrogens is 296 g/mol. The number of pyridine rings is 1. The van der Waals surface area contributed by atoms with E-state index in [2.05, 4.69) is 54.2 Å². The molecule has 4 nitrogen and oxygen atoms in total. The number of fused-ring (bicyclic) bond motifs is 2. The van der Waals surface area contributed by atoms with E-state index in [1.54, 1.807) is 0 Å². The van der Waals surface area contributed by atoms with Crippen molar-refractivity contribution in [2.75, 3.05) is 5.32 Å². The van der Waals surface area contributed by atoms with Gasteiger partial charge in [0, 0.05) is 35.9 Å². The molecule has 1 aliphatic rings. The number of nitrogens with one attached hydrogen (secondary N) is 1. The summed E-state index contributed by atoms with van der Waals surface area (Å²) in [5.74, 6) is 1.24. The first-order valence-corrected chi connectivity index (χ1v) is 8.93. The van der Waals surface area contributed by atoms with Crippen LogP contribution in [0.5, 0.6) is 0 Å². The van der Waals surface area contributed by atoms with Crippen molar-refractivity contribution in [3.63, 3.8) is 0 Å². The number of nitrogens with zero attached hydrogens (tertiary/aromatic N) is 3. The maximum Gasteiger partial charge on any atom is 0.109 e. The van der Waals surface area contributed by atoms with Crippen LogP contribution in [-0.4, -0.2) is 14.5 Å². The second-order valence-corrected chi connectivity index (χ2v) is 6.58. The number of benzene rings is 1. The summed E-state index contributed by atoms with van der Waals surface area (Å²) in [4.78, 5) is 9.61. The van der Waals surface area contributed by atoms with E-state index in [0.29, 0.717) is 0 Å². The molecule has 0 bridgehead atoms. The molecule has 3 heterocycles. The Morgan fingerprint density at radius 3 is 2.88 bits per heavy atom. The van der Waals surface area contributed by atoms with Crippen molar-refractivity contribution < 1.29 is 0 Å². The SMILES string of the molecule is CCc1nc2ccccc2c(NCc2cn3c(n2)CCCC3)c1C. The molecule has 2 aromatic heterocycles. The quantitative estimate of drug-likeness (QED) is 0.781. The van der Waals surface area contributed by atoms with Gasteiger partial charge in [-0.25, -0.2) is 4.98 Å². The van der Waals surface area contributed by atoms with Crippen molar-refractivity contribution >= 4 is 16.6 Å². The zero-order valence-electron chi connectivity index (χ0n) is 14.5. The van der Waals surface area contributed by atoms with Gasteiger partial charge in [0.05, 0.1) is 17.8 Å². The molecule has 1 aliphatic heterocycles. The van der Waals surface area contributed by atoms with Crippen LogP contribution in [0.25, 0.3) is 10.9 Å². The van der Waals surface area contributed by atoms with Crippen LogP contribution in [0.1, 0.15) is 42.5 Å². The fraction of sp³-hybridized carbons (Fsp3) is 0.400. The molecule has 0 spiro atoms. The molecule has 0 saturated heterocycles. The molecule has 24 heavy (non-hydrogen) atoms. The fourth-order valence-electron chi connectivity index (χ4n) is 3.67. The summed E-state index contributed by atoms with van der Waals surface area (Å²) in [6, 6.07) is 8.37. The maximum absolute atomic E-state index is 4.80. The second-order valence-electron chi connectivity index (χ2n) is 6.58. The lowest BCUT2D eigenvalue weighted by Crippen LogP contribution is -2.08. The van der Waals surface area contributed by atoms with Gasteiger partial charge in [-0.2, -0.15) is 0 Å².